The highest BCUT2D eigenvalue weighted by Crippen LogP contribution is 2.21. The number of rotatable bonds is 8. The number of sulfone groups is 1. The largest absolute Gasteiger partial charge is 0.339 e. The van der Waals surface area contributed by atoms with Crippen molar-refractivity contribution in [2.45, 2.75) is 52.0 Å². The molecule has 0 aromatic heterocycles. The Balaban J connectivity index is 2.70. The Morgan fingerprint density at radius 2 is 2.10 bits per heavy atom. The van der Waals surface area contributed by atoms with E-state index in [-0.39, 0.29) is 29.4 Å². The van der Waals surface area contributed by atoms with Crippen molar-refractivity contribution in [3.63, 3.8) is 0 Å². The number of hydrogen-bond donors (Lipinski definition) is 1. The Morgan fingerprint density at radius 3 is 2.55 bits per heavy atom. The van der Waals surface area contributed by atoms with Crippen LogP contribution in [0, 0.1) is 5.92 Å². The van der Waals surface area contributed by atoms with Gasteiger partial charge in [0.2, 0.25) is 5.91 Å². The highest BCUT2D eigenvalue weighted by molar-refractivity contribution is 7.91. The van der Waals surface area contributed by atoms with Crippen molar-refractivity contribution in [2.24, 2.45) is 11.7 Å². The lowest BCUT2D eigenvalue weighted by Gasteiger charge is -2.29. The van der Waals surface area contributed by atoms with Crippen LogP contribution in [-0.4, -0.2) is 49.9 Å². The first kappa shape index (κ1) is 17.4. The van der Waals surface area contributed by atoms with Crippen LogP contribution in [0.5, 0.6) is 0 Å². The second-order valence-electron chi connectivity index (χ2n) is 5.71. The SMILES string of the molecule is CCCCN(C(=O)CC(CC)CN)C1CCS(=O)(=O)C1. The van der Waals surface area contributed by atoms with Gasteiger partial charge in [-0.1, -0.05) is 26.7 Å². The number of nitrogens with two attached hydrogens (primary N) is 1. The monoisotopic (exact) mass is 304 g/mol. The zero-order valence-electron chi connectivity index (χ0n) is 12.7. The topological polar surface area (TPSA) is 80.5 Å². The van der Waals surface area contributed by atoms with Gasteiger partial charge in [0.1, 0.15) is 0 Å². The summed E-state index contributed by atoms with van der Waals surface area (Å²) in [6, 6.07) is -0.130. The molecule has 0 aromatic carbocycles. The molecule has 1 fully saturated rings. The van der Waals surface area contributed by atoms with E-state index in [1.165, 1.54) is 0 Å². The summed E-state index contributed by atoms with van der Waals surface area (Å²) in [7, 11) is -2.96. The van der Waals surface area contributed by atoms with Crippen LogP contribution in [-0.2, 0) is 14.6 Å². The maximum atomic E-state index is 12.5. The van der Waals surface area contributed by atoms with E-state index in [0.717, 1.165) is 19.3 Å². The lowest BCUT2D eigenvalue weighted by molar-refractivity contribution is -0.134. The summed E-state index contributed by atoms with van der Waals surface area (Å²) < 4.78 is 23.2. The van der Waals surface area contributed by atoms with E-state index in [2.05, 4.69) is 6.92 Å². The molecule has 0 aliphatic carbocycles. The molecule has 0 spiro atoms. The third kappa shape index (κ3) is 5.05. The van der Waals surface area contributed by atoms with Gasteiger partial charge in [0.25, 0.3) is 0 Å². The number of unbranched alkanes of at least 4 members (excludes halogenated alkanes) is 1. The van der Waals surface area contributed by atoms with E-state index in [1.54, 1.807) is 4.90 Å². The van der Waals surface area contributed by atoms with Crippen LogP contribution in [0.1, 0.15) is 46.0 Å². The molecule has 0 saturated carbocycles. The fourth-order valence-electron chi connectivity index (χ4n) is 2.62. The van der Waals surface area contributed by atoms with Gasteiger partial charge < -0.3 is 10.6 Å². The molecule has 1 heterocycles. The minimum atomic E-state index is -2.96. The standard InChI is InChI=1S/C14H28N2O3S/c1-3-5-7-16(13-6-8-20(18,19)11-13)14(17)9-12(4-2)10-15/h12-13H,3-11,15H2,1-2H3. The zero-order chi connectivity index (χ0) is 15.2. The predicted octanol–water partition coefficient (Wildman–Crippen LogP) is 1.18. The van der Waals surface area contributed by atoms with Crippen LogP contribution in [0.15, 0.2) is 0 Å². The van der Waals surface area contributed by atoms with Gasteiger partial charge in [-0.15, -0.1) is 0 Å². The Morgan fingerprint density at radius 1 is 1.40 bits per heavy atom. The van der Waals surface area contributed by atoms with Crippen LogP contribution >= 0.6 is 0 Å². The van der Waals surface area contributed by atoms with Gasteiger partial charge in [0.15, 0.2) is 9.84 Å². The second-order valence-corrected chi connectivity index (χ2v) is 7.94. The van der Waals surface area contributed by atoms with Crippen molar-refractivity contribution >= 4 is 15.7 Å². The molecule has 2 unspecified atom stereocenters. The molecule has 1 rings (SSSR count). The van der Waals surface area contributed by atoms with Gasteiger partial charge in [0, 0.05) is 19.0 Å². The summed E-state index contributed by atoms with van der Waals surface area (Å²) in [5.41, 5.74) is 5.66. The van der Waals surface area contributed by atoms with E-state index in [9.17, 15) is 13.2 Å². The van der Waals surface area contributed by atoms with Gasteiger partial charge in [-0.25, -0.2) is 8.42 Å². The lowest BCUT2D eigenvalue weighted by Crippen LogP contribution is -2.42. The Hall–Kier alpha value is -0.620. The van der Waals surface area contributed by atoms with Crippen molar-refractivity contribution in [2.75, 3.05) is 24.6 Å². The van der Waals surface area contributed by atoms with E-state index in [0.29, 0.717) is 25.9 Å². The van der Waals surface area contributed by atoms with Crippen LogP contribution in [0.4, 0.5) is 0 Å². The summed E-state index contributed by atoms with van der Waals surface area (Å²) in [4.78, 5) is 14.2. The third-order valence-corrected chi connectivity index (χ3v) is 5.85. The van der Waals surface area contributed by atoms with Crippen molar-refractivity contribution < 1.29 is 13.2 Å². The van der Waals surface area contributed by atoms with Crippen LogP contribution in [0.3, 0.4) is 0 Å². The normalized spacial score (nSPS) is 22.6. The molecular weight excluding hydrogens is 276 g/mol. The number of carbonyl (C=O) groups is 1. The number of hydrogen-bond acceptors (Lipinski definition) is 4. The van der Waals surface area contributed by atoms with Crippen LogP contribution in [0.25, 0.3) is 0 Å². The predicted molar refractivity (Wildman–Crippen MR) is 81.1 cm³/mol. The van der Waals surface area contributed by atoms with Gasteiger partial charge in [-0.3, -0.25) is 4.79 Å². The smallest absolute Gasteiger partial charge is 0.223 e. The van der Waals surface area contributed by atoms with E-state index in [1.807, 2.05) is 6.92 Å². The number of amides is 1. The average molecular weight is 304 g/mol. The van der Waals surface area contributed by atoms with Crippen molar-refractivity contribution in [3.8, 4) is 0 Å². The molecule has 1 amide bonds. The Kier molecular flexibility index (Phi) is 6.95. The molecule has 20 heavy (non-hydrogen) atoms. The fraction of sp³-hybridized carbons (Fsp3) is 0.929. The van der Waals surface area contributed by atoms with Gasteiger partial charge in [-0.2, -0.15) is 0 Å². The second kappa shape index (κ2) is 7.98. The van der Waals surface area contributed by atoms with E-state index in [4.69, 9.17) is 5.73 Å². The van der Waals surface area contributed by atoms with E-state index >= 15 is 0 Å². The van der Waals surface area contributed by atoms with Crippen molar-refractivity contribution in [3.05, 3.63) is 0 Å². The highest BCUT2D eigenvalue weighted by atomic mass is 32.2. The highest BCUT2D eigenvalue weighted by Gasteiger charge is 2.34. The Bertz CT molecular complexity index is 405. The molecule has 1 aliphatic heterocycles. The molecule has 6 heteroatoms. The molecule has 0 bridgehead atoms. The molecule has 5 nitrogen and oxygen atoms in total. The molecule has 118 valence electrons. The molecule has 2 atom stereocenters. The van der Waals surface area contributed by atoms with Gasteiger partial charge >= 0.3 is 0 Å². The van der Waals surface area contributed by atoms with Gasteiger partial charge in [0.05, 0.1) is 11.5 Å². The van der Waals surface area contributed by atoms with Crippen LogP contribution in [0.2, 0.25) is 0 Å². The first-order valence-corrected chi connectivity index (χ1v) is 9.45. The molecule has 1 saturated heterocycles. The molecular formula is C14H28N2O3S. The average Bonchev–Trinajstić information content (AvgIpc) is 2.76. The summed E-state index contributed by atoms with van der Waals surface area (Å²) in [5.74, 6) is 0.603. The minimum absolute atomic E-state index is 0.0675. The molecule has 0 aromatic rings. The lowest BCUT2D eigenvalue weighted by atomic mass is 10.0. The quantitative estimate of drug-likeness (QED) is 0.730. The number of nitrogens with zero attached hydrogens (tertiary/aromatic N) is 1. The molecule has 1 aliphatic rings. The van der Waals surface area contributed by atoms with E-state index < -0.39 is 9.84 Å². The third-order valence-electron chi connectivity index (χ3n) is 4.10. The zero-order valence-corrected chi connectivity index (χ0v) is 13.5. The molecule has 2 N–H and O–H groups in total. The van der Waals surface area contributed by atoms with Crippen molar-refractivity contribution in [1.29, 1.82) is 0 Å². The summed E-state index contributed by atoms with van der Waals surface area (Å²) >= 11 is 0. The van der Waals surface area contributed by atoms with Crippen LogP contribution < -0.4 is 5.73 Å². The van der Waals surface area contributed by atoms with Crippen molar-refractivity contribution in [1.82, 2.24) is 4.90 Å². The Labute approximate surface area is 122 Å². The first-order chi connectivity index (χ1) is 9.43. The first-order valence-electron chi connectivity index (χ1n) is 7.63. The summed E-state index contributed by atoms with van der Waals surface area (Å²) in [6.07, 6.45) is 3.82. The molecule has 0 radical (unpaired) electrons. The summed E-state index contributed by atoms with van der Waals surface area (Å²) in [6.45, 7) is 5.27. The summed E-state index contributed by atoms with van der Waals surface area (Å²) in [5, 5.41) is 0. The maximum absolute atomic E-state index is 12.5. The van der Waals surface area contributed by atoms with Gasteiger partial charge in [-0.05, 0) is 25.3 Å². The minimum Gasteiger partial charge on any atom is -0.339 e. The maximum Gasteiger partial charge on any atom is 0.223 e. The fourth-order valence-corrected chi connectivity index (χ4v) is 4.35. The number of carbonyl (C=O) groups excluding carboxylic acids is 1.